The smallest absolute Gasteiger partial charge is 0.191 e. The zero-order chi connectivity index (χ0) is 16.1. The Hall–Kier alpha value is -1.77. The normalized spacial score (nSPS) is 16.1. The number of fused-ring (bicyclic) bond motifs is 1. The van der Waals surface area contributed by atoms with Gasteiger partial charge in [0.1, 0.15) is 11.9 Å². The molecular formula is C17H24IN5O. The molecule has 0 saturated heterocycles. The first kappa shape index (κ1) is 18.6. The van der Waals surface area contributed by atoms with Crippen LogP contribution in [0.5, 0.6) is 5.75 Å². The minimum Gasteiger partial charge on any atom is -0.488 e. The van der Waals surface area contributed by atoms with E-state index in [1.807, 2.05) is 31.6 Å². The summed E-state index contributed by atoms with van der Waals surface area (Å²) >= 11 is 0. The summed E-state index contributed by atoms with van der Waals surface area (Å²) in [5, 5.41) is 10.8. The molecular weight excluding hydrogens is 417 g/mol. The minimum absolute atomic E-state index is 0. The molecule has 24 heavy (non-hydrogen) atoms. The van der Waals surface area contributed by atoms with Crippen molar-refractivity contribution in [2.24, 2.45) is 12.0 Å². The van der Waals surface area contributed by atoms with Crippen LogP contribution in [0.25, 0.3) is 0 Å². The van der Waals surface area contributed by atoms with Gasteiger partial charge in [-0.15, -0.1) is 24.0 Å². The van der Waals surface area contributed by atoms with Gasteiger partial charge in [0.25, 0.3) is 0 Å². The van der Waals surface area contributed by atoms with E-state index in [9.17, 15) is 0 Å². The van der Waals surface area contributed by atoms with E-state index in [1.165, 1.54) is 5.56 Å². The molecule has 2 N–H and O–H groups in total. The molecule has 0 amide bonds. The van der Waals surface area contributed by atoms with Gasteiger partial charge in [0, 0.05) is 31.8 Å². The summed E-state index contributed by atoms with van der Waals surface area (Å²) in [6.07, 6.45) is 4.90. The third kappa shape index (κ3) is 4.86. The van der Waals surface area contributed by atoms with Crippen molar-refractivity contribution in [3.63, 3.8) is 0 Å². The number of aliphatic imine (C=N–C) groups is 1. The SMILES string of the molecule is CCNC(=NCc1cnn(C)c1)NCC1Cc2ccccc2O1.I. The summed E-state index contributed by atoms with van der Waals surface area (Å²) in [4.78, 5) is 4.59. The molecule has 1 aromatic heterocycles. The van der Waals surface area contributed by atoms with Gasteiger partial charge in [-0.25, -0.2) is 4.99 Å². The third-order valence-corrected chi connectivity index (χ3v) is 3.73. The van der Waals surface area contributed by atoms with Crippen LogP contribution < -0.4 is 15.4 Å². The fourth-order valence-electron chi connectivity index (χ4n) is 2.64. The maximum atomic E-state index is 5.94. The van der Waals surface area contributed by atoms with Crippen molar-refractivity contribution in [2.75, 3.05) is 13.1 Å². The summed E-state index contributed by atoms with van der Waals surface area (Å²) in [6, 6.07) is 8.21. The molecule has 2 aromatic rings. The van der Waals surface area contributed by atoms with E-state index in [-0.39, 0.29) is 30.1 Å². The molecule has 0 spiro atoms. The zero-order valence-corrected chi connectivity index (χ0v) is 16.4. The van der Waals surface area contributed by atoms with Crippen molar-refractivity contribution in [1.82, 2.24) is 20.4 Å². The molecule has 2 heterocycles. The minimum atomic E-state index is 0. The van der Waals surface area contributed by atoms with Crippen LogP contribution in [0.15, 0.2) is 41.7 Å². The number of halogens is 1. The molecule has 0 aliphatic carbocycles. The fourth-order valence-corrected chi connectivity index (χ4v) is 2.64. The lowest BCUT2D eigenvalue weighted by molar-refractivity contribution is 0.235. The van der Waals surface area contributed by atoms with Gasteiger partial charge in [-0.3, -0.25) is 4.68 Å². The number of nitrogens with one attached hydrogen (secondary N) is 2. The lowest BCUT2D eigenvalue weighted by atomic mass is 10.1. The first-order chi connectivity index (χ1) is 11.2. The molecule has 1 aliphatic heterocycles. The number of guanidine groups is 1. The van der Waals surface area contributed by atoms with Crippen LogP contribution in [-0.2, 0) is 20.0 Å². The number of aromatic nitrogens is 2. The highest BCUT2D eigenvalue weighted by atomic mass is 127. The second-order valence-electron chi connectivity index (χ2n) is 5.65. The molecule has 130 valence electrons. The predicted octanol–water partition coefficient (Wildman–Crippen LogP) is 2.10. The van der Waals surface area contributed by atoms with Gasteiger partial charge < -0.3 is 15.4 Å². The summed E-state index contributed by atoms with van der Waals surface area (Å²) in [5.41, 5.74) is 2.37. The molecule has 0 saturated carbocycles. The van der Waals surface area contributed by atoms with Gasteiger partial charge in [-0.1, -0.05) is 18.2 Å². The highest BCUT2D eigenvalue weighted by Crippen LogP contribution is 2.27. The first-order valence-electron chi connectivity index (χ1n) is 7.99. The Bertz CT molecular complexity index is 660. The van der Waals surface area contributed by atoms with Gasteiger partial charge in [-0.2, -0.15) is 5.10 Å². The molecule has 7 heteroatoms. The highest BCUT2D eigenvalue weighted by molar-refractivity contribution is 14.0. The Morgan fingerprint density at radius 1 is 1.38 bits per heavy atom. The van der Waals surface area contributed by atoms with Gasteiger partial charge in [0.15, 0.2) is 5.96 Å². The predicted molar refractivity (Wildman–Crippen MR) is 106 cm³/mol. The summed E-state index contributed by atoms with van der Waals surface area (Å²) in [5.74, 6) is 1.80. The van der Waals surface area contributed by atoms with E-state index in [0.717, 1.165) is 36.8 Å². The lowest BCUT2D eigenvalue weighted by Crippen LogP contribution is -2.42. The zero-order valence-electron chi connectivity index (χ0n) is 14.0. The van der Waals surface area contributed by atoms with Crippen molar-refractivity contribution < 1.29 is 4.74 Å². The van der Waals surface area contributed by atoms with E-state index in [0.29, 0.717) is 6.54 Å². The number of benzene rings is 1. The van der Waals surface area contributed by atoms with Crippen molar-refractivity contribution in [3.8, 4) is 5.75 Å². The summed E-state index contributed by atoms with van der Waals surface area (Å²) < 4.78 is 7.73. The van der Waals surface area contributed by atoms with Crippen molar-refractivity contribution in [2.45, 2.75) is 26.0 Å². The number of para-hydroxylation sites is 1. The second kappa shape index (κ2) is 8.91. The van der Waals surface area contributed by atoms with Crippen LogP contribution in [0.4, 0.5) is 0 Å². The van der Waals surface area contributed by atoms with E-state index in [2.05, 4.69) is 39.8 Å². The number of nitrogens with zero attached hydrogens (tertiary/aromatic N) is 3. The quantitative estimate of drug-likeness (QED) is 0.424. The largest absolute Gasteiger partial charge is 0.488 e. The van der Waals surface area contributed by atoms with Crippen LogP contribution in [0.3, 0.4) is 0 Å². The van der Waals surface area contributed by atoms with Crippen LogP contribution in [0.2, 0.25) is 0 Å². The maximum absolute atomic E-state index is 5.94. The molecule has 1 atom stereocenters. The lowest BCUT2D eigenvalue weighted by Gasteiger charge is -2.15. The van der Waals surface area contributed by atoms with E-state index in [1.54, 1.807) is 4.68 Å². The monoisotopic (exact) mass is 441 g/mol. The van der Waals surface area contributed by atoms with Crippen LogP contribution in [0, 0.1) is 0 Å². The molecule has 0 bridgehead atoms. The Labute approximate surface area is 159 Å². The number of hydrogen-bond acceptors (Lipinski definition) is 3. The Balaban J connectivity index is 0.00000208. The van der Waals surface area contributed by atoms with Crippen LogP contribution in [0.1, 0.15) is 18.1 Å². The van der Waals surface area contributed by atoms with Crippen molar-refractivity contribution in [1.29, 1.82) is 0 Å². The molecule has 1 aromatic carbocycles. The number of rotatable bonds is 5. The fraction of sp³-hybridized carbons (Fsp3) is 0.412. The molecule has 3 rings (SSSR count). The van der Waals surface area contributed by atoms with E-state index < -0.39 is 0 Å². The summed E-state index contributed by atoms with van der Waals surface area (Å²) in [7, 11) is 1.91. The van der Waals surface area contributed by atoms with Gasteiger partial charge in [0.05, 0.1) is 19.3 Å². The van der Waals surface area contributed by atoms with Crippen molar-refractivity contribution in [3.05, 3.63) is 47.8 Å². The van der Waals surface area contributed by atoms with Crippen LogP contribution >= 0.6 is 24.0 Å². The van der Waals surface area contributed by atoms with Crippen molar-refractivity contribution >= 4 is 29.9 Å². The molecule has 1 aliphatic rings. The Morgan fingerprint density at radius 2 is 2.21 bits per heavy atom. The number of hydrogen-bond donors (Lipinski definition) is 2. The molecule has 0 radical (unpaired) electrons. The highest BCUT2D eigenvalue weighted by Gasteiger charge is 2.22. The third-order valence-electron chi connectivity index (χ3n) is 3.73. The summed E-state index contributed by atoms with van der Waals surface area (Å²) in [6.45, 7) is 4.22. The average Bonchev–Trinajstić information content (AvgIpc) is 3.15. The van der Waals surface area contributed by atoms with Gasteiger partial charge in [0.2, 0.25) is 0 Å². The Morgan fingerprint density at radius 3 is 2.92 bits per heavy atom. The van der Waals surface area contributed by atoms with E-state index in [4.69, 9.17) is 4.74 Å². The standard InChI is InChI=1S/C17H23N5O.HI/c1-3-18-17(19-9-13-10-21-22(2)12-13)20-11-15-8-14-6-4-5-7-16(14)23-15;/h4-7,10,12,15H,3,8-9,11H2,1-2H3,(H2,18,19,20);1H. The number of ether oxygens (including phenoxy) is 1. The first-order valence-corrected chi connectivity index (χ1v) is 7.99. The van der Waals surface area contributed by atoms with E-state index >= 15 is 0 Å². The molecule has 6 nitrogen and oxygen atoms in total. The number of aryl methyl sites for hydroxylation is 1. The Kier molecular flexibility index (Phi) is 6.89. The average molecular weight is 441 g/mol. The molecule has 1 unspecified atom stereocenters. The maximum Gasteiger partial charge on any atom is 0.191 e. The van der Waals surface area contributed by atoms with Gasteiger partial charge >= 0.3 is 0 Å². The molecule has 0 fully saturated rings. The second-order valence-corrected chi connectivity index (χ2v) is 5.65. The van der Waals surface area contributed by atoms with Gasteiger partial charge in [-0.05, 0) is 18.6 Å². The van der Waals surface area contributed by atoms with Crippen LogP contribution in [-0.4, -0.2) is 34.9 Å². The topological polar surface area (TPSA) is 63.5 Å².